The lowest BCUT2D eigenvalue weighted by atomic mass is 9.85. The Balaban J connectivity index is 1.33. The highest BCUT2D eigenvalue weighted by atomic mass is 35.5. The van der Waals surface area contributed by atoms with Gasteiger partial charge in [-0.15, -0.1) is 0 Å². The fourth-order valence-electron chi connectivity index (χ4n) is 5.29. The van der Waals surface area contributed by atoms with Crippen molar-refractivity contribution in [3.05, 3.63) is 81.1 Å². The Hall–Kier alpha value is -3.65. The summed E-state index contributed by atoms with van der Waals surface area (Å²) in [6, 6.07) is 11.6. The van der Waals surface area contributed by atoms with E-state index in [4.69, 9.17) is 11.6 Å². The molecule has 1 saturated carbocycles. The number of nitrogens with one attached hydrogen (secondary N) is 2. The SMILES string of the molecule is CNc1cc(C)c(-n2c(=O)n(C[C@H]3CC[C@H](NC(=O)c4cc(Cl)cnc4C)CC3)c3ccccc32)cn1. The van der Waals surface area contributed by atoms with E-state index in [1.165, 1.54) is 0 Å². The number of imidazole rings is 1. The molecular weight excluding hydrogens is 488 g/mol. The lowest BCUT2D eigenvalue weighted by Gasteiger charge is -2.29. The summed E-state index contributed by atoms with van der Waals surface area (Å²) in [5.74, 6) is 0.984. The van der Waals surface area contributed by atoms with Crippen molar-refractivity contribution in [2.24, 2.45) is 5.92 Å². The minimum atomic E-state index is -0.136. The minimum Gasteiger partial charge on any atom is -0.373 e. The van der Waals surface area contributed by atoms with E-state index in [1.807, 2.05) is 55.8 Å². The first-order chi connectivity index (χ1) is 17.9. The summed E-state index contributed by atoms with van der Waals surface area (Å²) in [7, 11) is 1.83. The molecule has 192 valence electrons. The van der Waals surface area contributed by atoms with E-state index in [9.17, 15) is 9.59 Å². The summed E-state index contributed by atoms with van der Waals surface area (Å²) >= 11 is 6.04. The third kappa shape index (κ3) is 4.98. The van der Waals surface area contributed by atoms with Gasteiger partial charge in [-0.2, -0.15) is 0 Å². The number of halogens is 1. The molecule has 0 unspecified atom stereocenters. The normalized spacial score (nSPS) is 17.6. The zero-order valence-electron chi connectivity index (χ0n) is 21.3. The summed E-state index contributed by atoms with van der Waals surface area (Å²) < 4.78 is 3.66. The van der Waals surface area contributed by atoms with E-state index in [1.54, 1.807) is 23.0 Å². The number of hydrogen-bond acceptors (Lipinski definition) is 5. The number of anilines is 1. The summed E-state index contributed by atoms with van der Waals surface area (Å²) in [5.41, 5.74) is 4.69. The van der Waals surface area contributed by atoms with Crippen LogP contribution in [0, 0.1) is 19.8 Å². The molecule has 3 aromatic heterocycles. The largest absolute Gasteiger partial charge is 0.373 e. The van der Waals surface area contributed by atoms with Crippen LogP contribution >= 0.6 is 11.6 Å². The topological polar surface area (TPSA) is 93.8 Å². The summed E-state index contributed by atoms with van der Waals surface area (Å²) in [5, 5.41) is 6.65. The van der Waals surface area contributed by atoms with Crippen molar-refractivity contribution in [2.45, 2.75) is 52.1 Å². The molecule has 1 aliphatic rings. The second-order valence-electron chi connectivity index (χ2n) is 9.80. The molecule has 0 bridgehead atoms. The maximum atomic E-state index is 13.7. The molecule has 2 N–H and O–H groups in total. The molecule has 5 rings (SSSR count). The molecule has 1 amide bonds. The van der Waals surface area contributed by atoms with Crippen LogP contribution in [0.4, 0.5) is 5.82 Å². The van der Waals surface area contributed by atoms with Gasteiger partial charge in [0.25, 0.3) is 5.91 Å². The number of amides is 1. The molecule has 1 fully saturated rings. The number of carbonyl (C=O) groups is 1. The van der Waals surface area contributed by atoms with Crippen LogP contribution in [-0.2, 0) is 6.54 Å². The first kappa shape index (κ1) is 25.0. The first-order valence-corrected chi connectivity index (χ1v) is 13.0. The highest BCUT2D eigenvalue weighted by molar-refractivity contribution is 6.30. The fourth-order valence-corrected chi connectivity index (χ4v) is 5.44. The van der Waals surface area contributed by atoms with Crippen molar-refractivity contribution in [1.29, 1.82) is 0 Å². The zero-order valence-corrected chi connectivity index (χ0v) is 22.0. The molecule has 0 spiro atoms. The zero-order chi connectivity index (χ0) is 26.1. The molecule has 0 aliphatic heterocycles. The van der Waals surface area contributed by atoms with Crippen molar-refractivity contribution in [3.8, 4) is 5.69 Å². The summed E-state index contributed by atoms with van der Waals surface area (Å²) in [6.45, 7) is 4.45. The van der Waals surface area contributed by atoms with Crippen molar-refractivity contribution in [2.75, 3.05) is 12.4 Å². The lowest BCUT2D eigenvalue weighted by molar-refractivity contribution is 0.0919. The number of para-hydroxylation sites is 2. The number of benzene rings is 1. The minimum absolute atomic E-state index is 0.0531. The number of pyridine rings is 2. The van der Waals surface area contributed by atoms with Gasteiger partial charge >= 0.3 is 5.69 Å². The highest BCUT2D eigenvalue weighted by Gasteiger charge is 2.26. The summed E-state index contributed by atoms with van der Waals surface area (Å²) in [6.07, 6.45) is 6.90. The van der Waals surface area contributed by atoms with E-state index in [-0.39, 0.29) is 17.6 Å². The third-order valence-corrected chi connectivity index (χ3v) is 7.54. The quantitative estimate of drug-likeness (QED) is 0.379. The maximum absolute atomic E-state index is 13.7. The van der Waals surface area contributed by atoms with Crippen LogP contribution in [0.15, 0.2) is 53.6 Å². The Morgan fingerprint density at radius 3 is 2.49 bits per heavy atom. The average molecular weight is 519 g/mol. The number of aryl methyl sites for hydroxylation is 2. The van der Waals surface area contributed by atoms with Crippen molar-refractivity contribution >= 4 is 34.4 Å². The standard InChI is InChI=1S/C28H31ClN6O2/c1-17-12-26(30-3)32-15-25(17)35-24-7-5-4-6-23(24)34(28(35)37)16-19-8-10-21(11-9-19)33-27(36)22-13-20(29)14-31-18(22)2/h4-7,12-15,19,21H,8-11,16H2,1-3H3,(H,30,32)(H,33,36)/t19-,21-. The van der Waals surface area contributed by atoms with Gasteiger partial charge < -0.3 is 10.6 Å². The number of fused-ring (bicyclic) bond motifs is 1. The monoisotopic (exact) mass is 518 g/mol. The summed E-state index contributed by atoms with van der Waals surface area (Å²) in [4.78, 5) is 35.1. The Morgan fingerprint density at radius 2 is 1.78 bits per heavy atom. The third-order valence-electron chi connectivity index (χ3n) is 7.34. The van der Waals surface area contributed by atoms with Crippen LogP contribution in [0.5, 0.6) is 0 Å². The van der Waals surface area contributed by atoms with Crippen LogP contribution in [0.3, 0.4) is 0 Å². The van der Waals surface area contributed by atoms with Crippen molar-refractivity contribution in [3.63, 3.8) is 0 Å². The van der Waals surface area contributed by atoms with Gasteiger partial charge in [0, 0.05) is 25.8 Å². The van der Waals surface area contributed by atoms with Crippen molar-refractivity contribution < 1.29 is 4.79 Å². The lowest BCUT2D eigenvalue weighted by Crippen LogP contribution is -2.39. The molecule has 0 radical (unpaired) electrons. The van der Waals surface area contributed by atoms with Gasteiger partial charge in [0.15, 0.2) is 0 Å². The smallest absolute Gasteiger partial charge is 0.333 e. The van der Waals surface area contributed by atoms with Gasteiger partial charge in [0.05, 0.1) is 39.2 Å². The van der Waals surface area contributed by atoms with Gasteiger partial charge in [0.2, 0.25) is 0 Å². The highest BCUT2D eigenvalue weighted by Crippen LogP contribution is 2.28. The van der Waals surface area contributed by atoms with Gasteiger partial charge in [-0.3, -0.25) is 18.9 Å². The molecule has 3 heterocycles. The molecule has 9 heteroatoms. The number of nitrogens with zero attached hydrogens (tertiary/aromatic N) is 4. The van der Waals surface area contributed by atoms with Gasteiger partial charge in [-0.1, -0.05) is 23.7 Å². The second-order valence-corrected chi connectivity index (χ2v) is 10.2. The van der Waals surface area contributed by atoms with Crippen LogP contribution in [-0.4, -0.2) is 38.1 Å². The molecule has 4 aromatic rings. The second kappa shape index (κ2) is 10.4. The number of carbonyl (C=O) groups excluding carboxylic acids is 1. The maximum Gasteiger partial charge on any atom is 0.333 e. The van der Waals surface area contributed by atoms with E-state index in [2.05, 4.69) is 20.6 Å². The fraction of sp³-hybridized carbons (Fsp3) is 0.357. The van der Waals surface area contributed by atoms with E-state index in [0.29, 0.717) is 28.7 Å². The Bertz CT molecular complexity index is 1520. The molecule has 1 aromatic carbocycles. The number of aromatic nitrogens is 4. The van der Waals surface area contributed by atoms with Gasteiger partial charge in [-0.05, 0) is 75.3 Å². The number of rotatable bonds is 6. The van der Waals surface area contributed by atoms with E-state index in [0.717, 1.165) is 53.8 Å². The average Bonchev–Trinajstić information content (AvgIpc) is 3.17. The molecule has 0 atom stereocenters. The molecule has 37 heavy (non-hydrogen) atoms. The van der Waals surface area contributed by atoms with Crippen LogP contribution < -0.4 is 16.3 Å². The molecule has 8 nitrogen and oxygen atoms in total. The molecular formula is C28H31ClN6O2. The van der Waals surface area contributed by atoms with Crippen molar-refractivity contribution in [1.82, 2.24) is 24.4 Å². The Morgan fingerprint density at radius 1 is 1.05 bits per heavy atom. The number of hydrogen-bond donors (Lipinski definition) is 2. The molecule has 0 saturated heterocycles. The van der Waals surface area contributed by atoms with Gasteiger partial charge in [-0.25, -0.2) is 9.78 Å². The van der Waals surface area contributed by atoms with Crippen LogP contribution in [0.1, 0.15) is 47.3 Å². The van der Waals surface area contributed by atoms with Crippen LogP contribution in [0.2, 0.25) is 5.02 Å². The molecule has 1 aliphatic carbocycles. The Kier molecular flexibility index (Phi) is 7.02. The predicted octanol–water partition coefficient (Wildman–Crippen LogP) is 4.88. The van der Waals surface area contributed by atoms with Gasteiger partial charge in [0.1, 0.15) is 5.82 Å². The van der Waals surface area contributed by atoms with Crippen LogP contribution in [0.25, 0.3) is 16.7 Å². The Labute approximate surface area is 220 Å². The predicted molar refractivity (Wildman–Crippen MR) is 147 cm³/mol. The van der Waals surface area contributed by atoms with E-state index >= 15 is 0 Å². The van der Waals surface area contributed by atoms with E-state index < -0.39 is 0 Å². The first-order valence-electron chi connectivity index (χ1n) is 12.6.